The molecular formula is C22H19F3N4O3S. The summed E-state index contributed by atoms with van der Waals surface area (Å²) in [5.41, 5.74) is 1.15. The van der Waals surface area contributed by atoms with Crippen molar-refractivity contribution in [3.8, 4) is 16.9 Å². The van der Waals surface area contributed by atoms with Gasteiger partial charge in [0.2, 0.25) is 0 Å². The lowest BCUT2D eigenvalue weighted by Gasteiger charge is -2.11. The largest absolute Gasteiger partial charge is 0.417 e. The summed E-state index contributed by atoms with van der Waals surface area (Å²) >= 11 is 0. The molecule has 11 heteroatoms. The highest BCUT2D eigenvalue weighted by Crippen LogP contribution is 2.30. The Labute approximate surface area is 187 Å². The summed E-state index contributed by atoms with van der Waals surface area (Å²) in [5, 5.41) is 4.02. The van der Waals surface area contributed by atoms with Crippen LogP contribution in [0.25, 0.3) is 22.6 Å². The van der Waals surface area contributed by atoms with Gasteiger partial charge in [-0.2, -0.15) is 17.9 Å². The van der Waals surface area contributed by atoms with Crippen molar-refractivity contribution < 1.29 is 21.6 Å². The minimum absolute atomic E-state index is 0.0759. The quantitative estimate of drug-likeness (QED) is 0.445. The summed E-state index contributed by atoms with van der Waals surface area (Å²) in [5.74, 6) is -0.537. The molecule has 3 aromatic heterocycles. The molecule has 0 N–H and O–H groups in total. The fourth-order valence-corrected chi connectivity index (χ4v) is 4.60. The molecule has 4 rings (SSSR count). The van der Waals surface area contributed by atoms with Crippen LogP contribution in [0, 0.1) is 13.8 Å². The van der Waals surface area contributed by atoms with Crippen LogP contribution in [0.5, 0.6) is 0 Å². The van der Waals surface area contributed by atoms with Gasteiger partial charge < -0.3 is 0 Å². The maximum Gasteiger partial charge on any atom is 0.417 e. The lowest BCUT2D eigenvalue weighted by Crippen LogP contribution is -2.23. The number of aromatic nitrogens is 4. The van der Waals surface area contributed by atoms with E-state index in [2.05, 4.69) is 10.1 Å². The maximum absolute atomic E-state index is 13.1. The van der Waals surface area contributed by atoms with Crippen LogP contribution < -0.4 is 5.69 Å². The summed E-state index contributed by atoms with van der Waals surface area (Å²) in [6.45, 7) is 5.27. The van der Waals surface area contributed by atoms with Gasteiger partial charge in [0.25, 0.3) is 0 Å². The molecule has 172 valence electrons. The lowest BCUT2D eigenvalue weighted by atomic mass is 10.0. The zero-order valence-corrected chi connectivity index (χ0v) is 18.7. The number of pyridine rings is 2. The van der Waals surface area contributed by atoms with Crippen LogP contribution in [0.3, 0.4) is 0 Å². The number of aryl methyl sites for hydroxylation is 2. The molecule has 0 atom stereocenters. The minimum atomic E-state index is -4.65. The normalized spacial score (nSPS) is 12.4. The predicted octanol–water partition coefficient (Wildman–Crippen LogP) is 3.98. The zero-order valence-electron chi connectivity index (χ0n) is 17.9. The SMILES string of the molecule is CCS(=O)(=O)c1cc(-c2cc(C)cc(C)c2)cnc1-n1nc2ccc(C(F)(F)F)cn2c1=O. The third kappa shape index (κ3) is 4.15. The smallest absolute Gasteiger partial charge is 0.249 e. The van der Waals surface area contributed by atoms with Gasteiger partial charge in [0.1, 0.15) is 4.90 Å². The van der Waals surface area contributed by atoms with Crippen molar-refractivity contribution in [1.29, 1.82) is 0 Å². The number of nitrogens with zero attached hydrogens (tertiary/aromatic N) is 4. The van der Waals surface area contributed by atoms with E-state index >= 15 is 0 Å². The van der Waals surface area contributed by atoms with Gasteiger partial charge >= 0.3 is 11.9 Å². The first-order valence-electron chi connectivity index (χ1n) is 9.91. The molecular weight excluding hydrogens is 457 g/mol. The first-order chi connectivity index (χ1) is 15.4. The third-order valence-electron chi connectivity index (χ3n) is 5.15. The first-order valence-corrected chi connectivity index (χ1v) is 11.6. The Kier molecular flexibility index (Phi) is 5.39. The minimum Gasteiger partial charge on any atom is -0.249 e. The van der Waals surface area contributed by atoms with Gasteiger partial charge in [-0.15, -0.1) is 5.10 Å². The van der Waals surface area contributed by atoms with Crippen LogP contribution in [0.4, 0.5) is 13.2 Å². The molecule has 7 nitrogen and oxygen atoms in total. The molecule has 1 aromatic carbocycles. The molecule has 0 saturated heterocycles. The molecule has 33 heavy (non-hydrogen) atoms. The van der Waals surface area contributed by atoms with Crippen molar-refractivity contribution in [3.63, 3.8) is 0 Å². The summed E-state index contributed by atoms with van der Waals surface area (Å²) in [6, 6.07) is 8.97. The second kappa shape index (κ2) is 7.84. The van der Waals surface area contributed by atoms with Crippen molar-refractivity contribution in [3.05, 3.63) is 76.0 Å². The molecule has 3 heterocycles. The van der Waals surface area contributed by atoms with E-state index in [1.54, 1.807) is 0 Å². The molecule has 4 aromatic rings. The van der Waals surface area contributed by atoms with Crippen LogP contribution in [0.15, 0.2) is 58.5 Å². The fraction of sp³-hybridized carbons (Fsp3) is 0.227. The van der Waals surface area contributed by atoms with E-state index in [0.29, 0.717) is 20.8 Å². The van der Waals surface area contributed by atoms with Crippen LogP contribution in [0.1, 0.15) is 23.6 Å². The monoisotopic (exact) mass is 476 g/mol. The highest BCUT2D eigenvalue weighted by Gasteiger charge is 2.31. The molecule has 0 aliphatic heterocycles. The number of sulfone groups is 1. The van der Waals surface area contributed by atoms with Gasteiger partial charge in [0.15, 0.2) is 21.3 Å². The Morgan fingerprint density at radius 1 is 1.00 bits per heavy atom. The van der Waals surface area contributed by atoms with Gasteiger partial charge in [-0.05, 0) is 37.6 Å². The van der Waals surface area contributed by atoms with Crippen LogP contribution in [-0.4, -0.2) is 33.3 Å². The fourth-order valence-electron chi connectivity index (χ4n) is 3.56. The number of rotatable bonds is 4. The van der Waals surface area contributed by atoms with E-state index in [1.165, 1.54) is 19.2 Å². The Balaban J connectivity index is 1.97. The molecule has 0 saturated carbocycles. The second-order valence-electron chi connectivity index (χ2n) is 7.66. The highest BCUT2D eigenvalue weighted by molar-refractivity contribution is 7.91. The van der Waals surface area contributed by atoms with Crippen molar-refractivity contribution in [2.45, 2.75) is 31.8 Å². The first kappa shape index (κ1) is 22.7. The second-order valence-corrected chi connectivity index (χ2v) is 9.91. The number of alkyl halides is 3. The topological polar surface area (TPSA) is 86.3 Å². The predicted molar refractivity (Wildman–Crippen MR) is 116 cm³/mol. The van der Waals surface area contributed by atoms with E-state index < -0.39 is 27.3 Å². The Morgan fingerprint density at radius 2 is 1.67 bits per heavy atom. The highest BCUT2D eigenvalue weighted by atomic mass is 32.2. The standard InChI is InChI=1S/C22H19F3N4O3S/c1-4-33(31,32)18-10-16(15-8-13(2)7-14(3)9-15)11-26-20(18)29-21(30)28-12-17(22(23,24)25)5-6-19(28)27-29/h5-12H,4H2,1-3H3. The molecule has 0 amide bonds. The zero-order chi connectivity index (χ0) is 24.1. The van der Waals surface area contributed by atoms with Crippen molar-refractivity contribution in [2.75, 3.05) is 5.75 Å². The van der Waals surface area contributed by atoms with Crippen LogP contribution in [-0.2, 0) is 16.0 Å². The molecule has 0 bridgehead atoms. The summed E-state index contributed by atoms with van der Waals surface area (Å²) < 4.78 is 66.4. The van der Waals surface area contributed by atoms with Crippen LogP contribution >= 0.6 is 0 Å². The van der Waals surface area contributed by atoms with Crippen LogP contribution in [0.2, 0.25) is 0 Å². The number of halogens is 3. The Morgan fingerprint density at radius 3 is 2.27 bits per heavy atom. The molecule has 0 aliphatic rings. The number of fused-ring (bicyclic) bond motifs is 1. The van der Waals surface area contributed by atoms with Gasteiger partial charge in [-0.1, -0.05) is 36.2 Å². The molecule has 0 unspecified atom stereocenters. The average molecular weight is 476 g/mol. The number of benzene rings is 1. The lowest BCUT2D eigenvalue weighted by molar-refractivity contribution is -0.137. The van der Waals surface area contributed by atoms with E-state index in [4.69, 9.17) is 0 Å². The summed E-state index contributed by atoms with van der Waals surface area (Å²) in [4.78, 5) is 16.9. The van der Waals surface area contributed by atoms with Gasteiger partial charge in [-0.3, -0.25) is 0 Å². The van der Waals surface area contributed by atoms with Gasteiger partial charge in [0.05, 0.1) is 11.3 Å². The van der Waals surface area contributed by atoms with E-state index in [9.17, 15) is 26.4 Å². The Hall–Kier alpha value is -3.47. The Bertz CT molecular complexity index is 1530. The van der Waals surface area contributed by atoms with E-state index in [0.717, 1.165) is 28.8 Å². The summed E-state index contributed by atoms with van der Waals surface area (Å²) in [7, 11) is -3.86. The number of hydrogen-bond donors (Lipinski definition) is 0. The van der Waals surface area contributed by atoms with Crippen molar-refractivity contribution in [1.82, 2.24) is 19.2 Å². The molecule has 0 radical (unpaired) electrons. The maximum atomic E-state index is 13.1. The van der Waals surface area contributed by atoms with Gasteiger partial charge in [0, 0.05) is 18.0 Å². The van der Waals surface area contributed by atoms with E-state index in [1.807, 2.05) is 32.0 Å². The van der Waals surface area contributed by atoms with E-state index in [-0.39, 0.29) is 22.1 Å². The number of hydrogen-bond acceptors (Lipinski definition) is 5. The molecule has 0 aliphatic carbocycles. The molecule has 0 fully saturated rings. The third-order valence-corrected chi connectivity index (χ3v) is 6.88. The average Bonchev–Trinajstić information content (AvgIpc) is 3.08. The molecule has 0 spiro atoms. The summed E-state index contributed by atoms with van der Waals surface area (Å²) in [6.07, 6.45) is -2.62. The van der Waals surface area contributed by atoms with Crippen molar-refractivity contribution >= 4 is 15.5 Å². The van der Waals surface area contributed by atoms with Gasteiger partial charge in [-0.25, -0.2) is 22.6 Å². The van der Waals surface area contributed by atoms with Crippen molar-refractivity contribution in [2.24, 2.45) is 0 Å².